The lowest BCUT2D eigenvalue weighted by atomic mass is 9.80. The Morgan fingerprint density at radius 3 is 0.604 bits per heavy atom. The van der Waals surface area contributed by atoms with Gasteiger partial charge in [0.2, 0.25) is 0 Å². The Hall–Kier alpha value is -4.34. The summed E-state index contributed by atoms with van der Waals surface area (Å²) in [6, 6.07) is 22.0. The van der Waals surface area contributed by atoms with E-state index in [9.17, 15) is 117 Å². The van der Waals surface area contributed by atoms with Gasteiger partial charge in [-0.2, -0.15) is 0 Å². The molecular formula is C69H98O42. The summed E-state index contributed by atoms with van der Waals surface area (Å²) in [4.78, 5) is 0. The fourth-order valence-corrected chi connectivity index (χ4v) is 15.2. The minimum Gasteiger partial charge on any atom is -0.497 e. The fourth-order valence-electron chi connectivity index (χ4n) is 15.2. The third-order valence-corrected chi connectivity index (χ3v) is 21.4. The van der Waals surface area contributed by atoms with Crippen LogP contribution in [-0.2, 0) is 86.1 Å². The van der Waals surface area contributed by atoms with E-state index in [0.29, 0.717) is 28.2 Å². The van der Waals surface area contributed by atoms with E-state index in [1.165, 1.54) is 14.2 Å². The van der Waals surface area contributed by atoms with Crippen LogP contribution in [0.2, 0.25) is 0 Å². The molecule has 0 aliphatic carbocycles. The number of aliphatic hydroxyl groups excluding tert-OH is 23. The Balaban J connectivity index is 0.868. The van der Waals surface area contributed by atoms with Gasteiger partial charge < -0.3 is 207 Å². The molecule has 16 bridgehead atoms. The lowest BCUT2D eigenvalue weighted by molar-refractivity contribution is -0.404. The molecule has 30 aliphatic heterocycles. The second kappa shape index (κ2) is 37.1. The van der Waals surface area contributed by atoms with E-state index in [-0.39, 0.29) is 0 Å². The minimum atomic E-state index is -2.33. The highest BCUT2D eigenvalue weighted by Crippen LogP contribution is 2.45. The van der Waals surface area contributed by atoms with E-state index in [1.807, 2.05) is 0 Å². The molecule has 1 unspecified atom stereocenters. The second-order valence-corrected chi connectivity index (χ2v) is 28.1. The highest BCUT2D eigenvalue weighted by atomic mass is 16.8. The lowest BCUT2D eigenvalue weighted by Crippen LogP contribution is -2.69. The van der Waals surface area contributed by atoms with Gasteiger partial charge in [0.15, 0.2) is 50.3 Å². The van der Waals surface area contributed by atoms with Gasteiger partial charge in [-0.15, -0.1) is 0 Å². The molecule has 626 valence electrons. The summed E-state index contributed by atoms with van der Waals surface area (Å²) in [6.45, 7) is -8.47. The molecule has 30 saturated heterocycles. The van der Waals surface area contributed by atoms with Gasteiger partial charge >= 0.3 is 0 Å². The van der Waals surface area contributed by atoms with Crippen molar-refractivity contribution in [1.82, 2.24) is 0 Å². The van der Waals surface area contributed by atoms with Crippen molar-refractivity contribution >= 4 is 0 Å². The molecule has 0 radical (unpaired) electrons. The zero-order valence-electron chi connectivity index (χ0n) is 59.3. The van der Waals surface area contributed by atoms with E-state index >= 15 is 0 Å². The molecule has 40 atom stereocenters. The number of hydrogen-bond donors (Lipinski definition) is 23. The van der Waals surface area contributed by atoms with Crippen molar-refractivity contribution in [3.05, 3.63) is 95.6 Å². The molecule has 30 fully saturated rings. The van der Waals surface area contributed by atoms with Gasteiger partial charge in [-0.3, -0.25) is 0 Å². The van der Waals surface area contributed by atoms with Gasteiger partial charge in [-0.25, -0.2) is 0 Å². The zero-order valence-corrected chi connectivity index (χ0v) is 59.3. The van der Waals surface area contributed by atoms with Gasteiger partial charge in [0.05, 0.1) is 67.1 Å². The van der Waals surface area contributed by atoms with E-state index in [4.69, 9.17) is 90.0 Å². The number of rotatable bonds is 15. The minimum absolute atomic E-state index is 0.436. The molecule has 23 N–H and O–H groups in total. The van der Waals surface area contributed by atoms with Crippen molar-refractivity contribution in [2.24, 2.45) is 0 Å². The topological polar surface area (TPSA) is 641 Å². The number of hydrogen-bond acceptors (Lipinski definition) is 42. The van der Waals surface area contributed by atoms with Crippen molar-refractivity contribution in [2.75, 3.05) is 67.1 Å². The summed E-state index contributed by atoms with van der Waals surface area (Å²) in [5.41, 5.74) is -0.344. The molecule has 33 rings (SSSR count). The predicted octanol–water partition coefficient (Wildman–Crippen LogP) is -12.4. The molecule has 30 heterocycles. The first-order valence-corrected chi connectivity index (χ1v) is 35.8. The molecule has 42 nitrogen and oxygen atoms in total. The Kier molecular flexibility index (Phi) is 28.7. The smallest absolute Gasteiger partial charge is 0.187 e. The molecule has 0 saturated carbocycles. The van der Waals surface area contributed by atoms with E-state index < -0.39 is 304 Å². The number of methoxy groups -OCH3 is 2. The van der Waals surface area contributed by atoms with E-state index in [0.717, 1.165) is 0 Å². The summed E-state index contributed by atoms with van der Waals surface area (Å²) in [5, 5.41) is 263. The Morgan fingerprint density at radius 2 is 0.414 bits per heavy atom. The number of aliphatic hydroxyl groups is 23. The maximum atomic E-state index is 12.5. The van der Waals surface area contributed by atoms with E-state index in [1.54, 1.807) is 78.9 Å². The molecule has 30 aliphatic rings. The fraction of sp³-hybridized carbons (Fsp3) is 0.739. The van der Waals surface area contributed by atoms with Crippen LogP contribution in [0.5, 0.6) is 11.5 Å². The van der Waals surface area contributed by atoms with Crippen molar-refractivity contribution < 1.29 is 207 Å². The molecule has 3 aromatic carbocycles. The predicted molar refractivity (Wildman–Crippen MR) is 352 cm³/mol. The highest BCUT2D eigenvalue weighted by molar-refractivity contribution is 5.50. The maximum absolute atomic E-state index is 12.5. The highest BCUT2D eigenvalue weighted by Gasteiger charge is 2.61. The van der Waals surface area contributed by atoms with Gasteiger partial charge in [0.25, 0.3) is 0 Å². The van der Waals surface area contributed by atoms with Crippen LogP contribution in [0.4, 0.5) is 0 Å². The van der Waals surface area contributed by atoms with Crippen molar-refractivity contribution in [2.45, 2.75) is 251 Å². The zero-order chi connectivity index (χ0) is 79.8. The van der Waals surface area contributed by atoms with Gasteiger partial charge in [0, 0.05) is 0 Å². The van der Waals surface area contributed by atoms with Crippen LogP contribution >= 0.6 is 0 Å². The lowest BCUT2D eigenvalue weighted by Gasteiger charge is -2.51. The van der Waals surface area contributed by atoms with Gasteiger partial charge in [-0.05, 0) is 41.0 Å². The number of ether oxygens (including phenoxy) is 19. The third-order valence-electron chi connectivity index (χ3n) is 21.4. The SMILES string of the molecule is COc1ccc(C(OC[C@H]2O[C@@H]3O[C@H]4[C@H](O)[C@@H](O)[C@@H](O[C@H]5[C@H](O)[C@@H](O)[C@@H](O[C@H]6[C@H](O)[C@@H](O)[C@@H](O[C@H]7[C@H](O)[C@@H](O)[C@@H](O[C@H]8[C@H](O)C(O)[C@@H](O[C@H]9[C@H](O)[C@@H](O)[C@@H](O[C@H]%10[C@H](O)[C@@H](O)[C@@H](O[C@H]2[C@H](O)[C@H]3O)O[C@@H]%10CO)O[C@@H]9CO)O[C@@H]8CO)O[C@@H]7CO)O[C@@H]6CO)O[C@@H]5CO)O[C@@H]4CO)(c2ccccc2)c2ccc(OC)cc2)cc1. The van der Waals surface area contributed by atoms with Crippen LogP contribution in [-0.4, -0.2) is 430 Å². The standard InChI is InChI=1S/C69H98O42/c1-93-27-12-8-25(9-13-27)69(24-6-4-3-5-7-24,26-10-14-28(94-2)15-11-26)95-23-36-60-44(84)52(92)68(103-36)110-59-35(22-76)101-66(50(90)42(59)82)108-57-33(20-74)99-64(48(88)40(57)80)106-55-31(18-72)97-62(46(86)38(55)78)104-53-29(16-70)96-61(45(85)37(53)77)105-54-30(17-71)98-63(47(87)39(54)79)107-56-32(19-73)100-65(49(89)41(56)81)109-58-34(21-75)102-67(111-60)51(91)43(58)83/h3-15,29-68,70-92H,16-23H2,1-2H3/t29-,30-,31-,32-,33-,34-,35-,36-,37-,38-,39-,40-,41-,42-,43-,44-,45-,46-,47?,48-,49-,50-,51-,52-,53-,54-,55-,56-,57-,58-,59-,60-,61-,62-,63-,64-,65-,66-,67-,68-/m1/s1. The van der Waals surface area contributed by atoms with Crippen LogP contribution in [0.25, 0.3) is 0 Å². The average Bonchev–Trinajstić information content (AvgIpc) is 0.763. The third kappa shape index (κ3) is 17.1. The van der Waals surface area contributed by atoms with Crippen LogP contribution in [0.15, 0.2) is 78.9 Å². The average molecular weight is 1600 g/mol. The van der Waals surface area contributed by atoms with Crippen LogP contribution in [0.3, 0.4) is 0 Å². The van der Waals surface area contributed by atoms with Crippen molar-refractivity contribution in [3.8, 4) is 11.5 Å². The second-order valence-electron chi connectivity index (χ2n) is 28.1. The summed E-state index contributed by atoms with van der Waals surface area (Å²) in [7, 11) is 2.91. The Morgan fingerprint density at radius 1 is 0.234 bits per heavy atom. The molecular weight excluding hydrogens is 1500 g/mol. The number of benzene rings is 3. The normalized spacial score (nSPS) is 46.4. The first-order chi connectivity index (χ1) is 53.2. The van der Waals surface area contributed by atoms with Crippen molar-refractivity contribution in [1.29, 1.82) is 0 Å². The summed E-state index contributed by atoms with van der Waals surface area (Å²) >= 11 is 0. The van der Waals surface area contributed by atoms with Crippen LogP contribution < -0.4 is 9.47 Å². The molecule has 0 amide bonds. The first-order valence-electron chi connectivity index (χ1n) is 35.8. The summed E-state index contributed by atoms with van der Waals surface area (Å²) < 4.78 is 113. The maximum Gasteiger partial charge on any atom is 0.187 e. The molecule has 111 heavy (non-hydrogen) atoms. The van der Waals surface area contributed by atoms with Crippen molar-refractivity contribution in [3.63, 3.8) is 0 Å². The monoisotopic (exact) mass is 1600 g/mol. The Labute approximate surface area is 631 Å². The van der Waals surface area contributed by atoms with Gasteiger partial charge in [0.1, 0.15) is 212 Å². The molecule has 0 aromatic heterocycles. The summed E-state index contributed by atoms with van der Waals surface area (Å²) in [6.07, 6.45) is -83.7. The van der Waals surface area contributed by atoms with Gasteiger partial charge in [-0.1, -0.05) is 54.6 Å². The van der Waals surface area contributed by atoms with E-state index in [2.05, 4.69) is 0 Å². The molecule has 3 aromatic rings. The largest absolute Gasteiger partial charge is 0.497 e. The molecule has 42 heteroatoms. The summed E-state index contributed by atoms with van der Waals surface area (Å²) in [5.74, 6) is 0.872. The molecule has 0 spiro atoms. The Bertz CT molecular complexity index is 3280. The quantitative estimate of drug-likeness (QED) is 0.0628. The van der Waals surface area contributed by atoms with Crippen LogP contribution in [0.1, 0.15) is 16.7 Å². The first kappa shape index (κ1) is 86.0. The van der Waals surface area contributed by atoms with Crippen LogP contribution in [0, 0.1) is 0 Å².